The van der Waals surface area contributed by atoms with E-state index in [4.69, 9.17) is 21.3 Å². The highest BCUT2D eigenvalue weighted by Crippen LogP contribution is 2.34. The van der Waals surface area contributed by atoms with Gasteiger partial charge in [-0.1, -0.05) is 49.3 Å². The highest BCUT2D eigenvalue weighted by molar-refractivity contribution is 7.99. The SMILES string of the molecule is CCN(CC)S(=O)(=O)c1ccc2c(c1)nc(SCC(=O)Nc1ccc(F)c(Cl)c1)n2-c1ccccc1OC. The molecule has 0 saturated heterocycles. The molecule has 8 nitrogen and oxygen atoms in total. The maximum absolute atomic E-state index is 13.5. The minimum Gasteiger partial charge on any atom is -0.495 e. The van der Waals surface area contributed by atoms with E-state index in [1.54, 1.807) is 45.2 Å². The Hall–Kier alpha value is -3.12. The van der Waals surface area contributed by atoms with Gasteiger partial charge in [-0.25, -0.2) is 17.8 Å². The minimum atomic E-state index is -3.69. The Morgan fingerprint density at radius 1 is 1.13 bits per heavy atom. The zero-order chi connectivity index (χ0) is 27.4. The highest BCUT2D eigenvalue weighted by Gasteiger charge is 2.24. The van der Waals surface area contributed by atoms with Gasteiger partial charge >= 0.3 is 0 Å². The van der Waals surface area contributed by atoms with Crippen molar-refractivity contribution in [3.63, 3.8) is 0 Å². The number of thioether (sulfide) groups is 1. The fraction of sp³-hybridized carbons (Fsp3) is 0.231. The molecule has 4 aromatic rings. The van der Waals surface area contributed by atoms with Gasteiger partial charge < -0.3 is 10.1 Å². The first kappa shape index (κ1) is 27.9. The van der Waals surface area contributed by atoms with Gasteiger partial charge in [0.2, 0.25) is 15.9 Å². The average molecular weight is 577 g/mol. The number of sulfonamides is 1. The molecule has 1 amide bonds. The number of imidazole rings is 1. The first-order chi connectivity index (χ1) is 18.2. The molecule has 4 rings (SSSR count). The molecule has 0 fully saturated rings. The summed E-state index contributed by atoms with van der Waals surface area (Å²) in [4.78, 5) is 17.5. The fourth-order valence-electron chi connectivity index (χ4n) is 3.96. The predicted molar refractivity (Wildman–Crippen MR) is 148 cm³/mol. The highest BCUT2D eigenvalue weighted by atomic mass is 35.5. The molecular formula is C26H26ClFN4O4S2. The van der Waals surface area contributed by atoms with Gasteiger partial charge in [0.1, 0.15) is 11.6 Å². The smallest absolute Gasteiger partial charge is 0.243 e. The Bertz CT molecular complexity index is 1590. The van der Waals surface area contributed by atoms with Crippen molar-refractivity contribution in [1.29, 1.82) is 0 Å². The molecule has 1 aromatic heterocycles. The van der Waals surface area contributed by atoms with Gasteiger partial charge in [-0.05, 0) is 48.5 Å². The van der Waals surface area contributed by atoms with Gasteiger partial charge in [-0.15, -0.1) is 0 Å². The normalized spacial score (nSPS) is 11.7. The lowest BCUT2D eigenvalue weighted by atomic mass is 10.2. The van der Waals surface area contributed by atoms with Crippen LogP contribution in [0.2, 0.25) is 5.02 Å². The van der Waals surface area contributed by atoms with Crippen molar-refractivity contribution in [1.82, 2.24) is 13.9 Å². The standard InChI is InChI=1S/C26H26ClFN4O4S2/c1-4-31(5-2)38(34,35)18-11-13-22-21(15-18)30-26(32(22)23-8-6-7-9-24(23)36-3)37-16-25(33)29-17-10-12-20(28)19(27)14-17/h6-15H,4-5,16H2,1-3H3,(H,29,33). The van der Waals surface area contributed by atoms with E-state index in [-0.39, 0.29) is 21.6 Å². The van der Waals surface area contributed by atoms with Crippen LogP contribution in [0.25, 0.3) is 16.7 Å². The molecule has 38 heavy (non-hydrogen) atoms. The number of amides is 1. The summed E-state index contributed by atoms with van der Waals surface area (Å²) in [7, 11) is -2.13. The van der Waals surface area contributed by atoms with Crippen LogP contribution in [-0.4, -0.2) is 54.1 Å². The van der Waals surface area contributed by atoms with Crippen LogP contribution in [0.15, 0.2) is 70.7 Å². The topological polar surface area (TPSA) is 93.5 Å². The van der Waals surface area contributed by atoms with Crippen LogP contribution >= 0.6 is 23.4 Å². The quantitative estimate of drug-likeness (QED) is 0.247. The maximum Gasteiger partial charge on any atom is 0.243 e. The van der Waals surface area contributed by atoms with Crippen molar-refractivity contribution in [3.05, 3.63) is 71.5 Å². The van der Waals surface area contributed by atoms with Crippen molar-refractivity contribution in [2.45, 2.75) is 23.9 Å². The summed E-state index contributed by atoms with van der Waals surface area (Å²) in [5.41, 5.74) is 2.16. The number of halogens is 2. The molecule has 3 aromatic carbocycles. The summed E-state index contributed by atoms with van der Waals surface area (Å²) in [6.07, 6.45) is 0. The zero-order valence-corrected chi connectivity index (χ0v) is 23.3. The number of hydrogen-bond donors (Lipinski definition) is 1. The number of ether oxygens (including phenoxy) is 1. The van der Waals surface area contributed by atoms with Crippen LogP contribution in [0, 0.1) is 5.82 Å². The Morgan fingerprint density at radius 2 is 1.87 bits per heavy atom. The number of carbonyl (C=O) groups is 1. The van der Waals surface area contributed by atoms with Crippen LogP contribution in [0.4, 0.5) is 10.1 Å². The lowest BCUT2D eigenvalue weighted by Crippen LogP contribution is -2.30. The van der Waals surface area contributed by atoms with E-state index in [0.29, 0.717) is 46.4 Å². The Kier molecular flexibility index (Phi) is 8.61. The average Bonchev–Trinajstić information content (AvgIpc) is 3.27. The molecular weight excluding hydrogens is 551 g/mol. The van der Waals surface area contributed by atoms with E-state index in [0.717, 1.165) is 0 Å². The molecule has 0 saturated carbocycles. The Labute approximate surface area is 229 Å². The molecule has 0 atom stereocenters. The van der Waals surface area contributed by atoms with Crippen LogP contribution in [-0.2, 0) is 14.8 Å². The predicted octanol–water partition coefficient (Wildman–Crippen LogP) is 5.59. The number of rotatable bonds is 10. The van der Waals surface area contributed by atoms with Crippen molar-refractivity contribution in [3.8, 4) is 11.4 Å². The summed E-state index contributed by atoms with van der Waals surface area (Å²) in [6.45, 7) is 4.27. The molecule has 200 valence electrons. The van der Waals surface area contributed by atoms with Gasteiger partial charge in [-0.2, -0.15) is 4.31 Å². The van der Waals surface area contributed by atoms with Crippen molar-refractivity contribution in [2.24, 2.45) is 0 Å². The number of nitrogens with one attached hydrogen (secondary N) is 1. The molecule has 1 heterocycles. The number of methoxy groups -OCH3 is 1. The lowest BCUT2D eigenvalue weighted by molar-refractivity contribution is -0.113. The first-order valence-electron chi connectivity index (χ1n) is 11.7. The summed E-state index contributed by atoms with van der Waals surface area (Å²) in [6, 6.07) is 16.1. The molecule has 0 unspecified atom stereocenters. The second-order valence-corrected chi connectivity index (χ2v) is 11.4. The van der Waals surface area contributed by atoms with E-state index < -0.39 is 15.8 Å². The number of fused-ring (bicyclic) bond motifs is 1. The number of hydrogen-bond acceptors (Lipinski definition) is 6. The molecule has 0 aliphatic heterocycles. The monoisotopic (exact) mass is 576 g/mol. The van der Waals surface area contributed by atoms with Gasteiger partial charge in [0.15, 0.2) is 5.16 Å². The molecule has 1 N–H and O–H groups in total. The Balaban J connectivity index is 1.72. The van der Waals surface area contributed by atoms with Crippen LogP contribution < -0.4 is 10.1 Å². The second-order valence-electron chi connectivity index (χ2n) is 8.11. The molecule has 0 aliphatic rings. The first-order valence-corrected chi connectivity index (χ1v) is 14.5. The van der Waals surface area contributed by atoms with Crippen molar-refractivity contribution >= 4 is 56.0 Å². The zero-order valence-electron chi connectivity index (χ0n) is 20.9. The third-order valence-electron chi connectivity index (χ3n) is 5.80. The van der Waals surface area contributed by atoms with Crippen molar-refractivity contribution < 1.29 is 22.3 Å². The van der Waals surface area contributed by atoms with E-state index in [9.17, 15) is 17.6 Å². The molecule has 0 spiro atoms. The number of carbonyl (C=O) groups excluding carboxylic acids is 1. The molecule has 0 radical (unpaired) electrons. The van der Waals surface area contributed by atoms with Gasteiger partial charge in [0.05, 0.1) is 39.5 Å². The van der Waals surface area contributed by atoms with Crippen LogP contribution in [0.1, 0.15) is 13.8 Å². The van der Waals surface area contributed by atoms with Gasteiger partial charge in [0, 0.05) is 18.8 Å². The van der Waals surface area contributed by atoms with Crippen LogP contribution in [0.3, 0.4) is 0 Å². The summed E-state index contributed by atoms with van der Waals surface area (Å²) in [5, 5.41) is 3.07. The summed E-state index contributed by atoms with van der Waals surface area (Å²) >= 11 is 6.98. The fourth-order valence-corrected chi connectivity index (χ4v) is 6.44. The number of anilines is 1. The van der Waals surface area contributed by atoms with E-state index >= 15 is 0 Å². The van der Waals surface area contributed by atoms with Gasteiger partial charge in [-0.3, -0.25) is 9.36 Å². The van der Waals surface area contributed by atoms with E-state index in [1.807, 2.05) is 22.8 Å². The molecule has 12 heteroatoms. The third kappa shape index (κ3) is 5.65. The molecule has 0 bridgehead atoms. The summed E-state index contributed by atoms with van der Waals surface area (Å²) in [5.74, 6) is -0.357. The Morgan fingerprint density at radius 3 is 2.55 bits per heavy atom. The summed E-state index contributed by atoms with van der Waals surface area (Å²) < 4.78 is 48.4. The minimum absolute atomic E-state index is 0.0158. The van der Waals surface area contributed by atoms with E-state index in [2.05, 4.69) is 5.32 Å². The number of nitrogens with zero attached hydrogens (tertiary/aromatic N) is 3. The van der Waals surface area contributed by atoms with Crippen LogP contribution in [0.5, 0.6) is 5.75 Å². The number of aromatic nitrogens is 2. The third-order valence-corrected chi connectivity index (χ3v) is 9.07. The van der Waals surface area contributed by atoms with Crippen molar-refractivity contribution in [2.75, 3.05) is 31.3 Å². The number of para-hydroxylation sites is 2. The maximum atomic E-state index is 13.5. The van der Waals surface area contributed by atoms with Gasteiger partial charge in [0.25, 0.3) is 0 Å². The second kappa shape index (κ2) is 11.7. The van der Waals surface area contributed by atoms with E-state index in [1.165, 1.54) is 34.3 Å². The lowest BCUT2D eigenvalue weighted by Gasteiger charge is -2.18. The molecule has 0 aliphatic carbocycles. The largest absolute Gasteiger partial charge is 0.495 e. The number of benzene rings is 3.